The summed E-state index contributed by atoms with van der Waals surface area (Å²) in [5.41, 5.74) is 7.32. The van der Waals surface area contributed by atoms with Gasteiger partial charge in [-0.25, -0.2) is 18.7 Å². The number of rotatable bonds is 7. The average Bonchev–Trinajstić information content (AvgIpc) is 3.43. The van der Waals surface area contributed by atoms with E-state index < -0.39 is 29.3 Å². The smallest absolute Gasteiger partial charge is 0.408 e. The van der Waals surface area contributed by atoms with Gasteiger partial charge in [0.05, 0.1) is 11.7 Å². The first-order chi connectivity index (χ1) is 18.2. The lowest BCUT2D eigenvalue weighted by atomic mass is 10.1. The van der Waals surface area contributed by atoms with Crippen molar-refractivity contribution >= 4 is 34.5 Å². The number of aryl methyl sites for hydroxylation is 1. The summed E-state index contributed by atoms with van der Waals surface area (Å²) in [5.74, 6) is -3.15. The Kier molecular flexibility index (Phi) is 6.16. The number of hydrogen-bond acceptors (Lipinski definition) is 7. The van der Waals surface area contributed by atoms with Gasteiger partial charge in [-0.1, -0.05) is 18.2 Å². The molecule has 0 aliphatic carbocycles. The van der Waals surface area contributed by atoms with Crippen molar-refractivity contribution in [2.24, 2.45) is 12.8 Å². The highest BCUT2D eigenvalue weighted by Gasteiger charge is 2.20. The Balaban J connectivity index is 1.35. The molecule has 13 heteroatoms. The summed E-state index contributed by atoms with van der Waals surface area (Å²) in [7, 11) is 1.57. The van der Waals surface area contributed by atoms with E-state index in [1.54, 1.807) is 37.4 Å². The van der Waals surface area contributed by atoms with E-state index in [0.29, 0.717) is 27.8 Å². The average molecular weight is 517 g/mol. The maximum absolute atomic E-state index is 14.3. The minimum absolute atomic E-state index is 0.0750. The first kappa shape index (κ1) is 24.4. The quantitative estimate of drug-likeness (QED) is 0.292. The van der Waals surface area contributed by atoms with E-state index in [1.165, 1.54) is 22.8 Å². The van der Waals surface area contributed by atoms with Gasteiger partial charge in [0.2, 0.25) is 5.91 Å². The highest BCUT2D eigenvalue weighted by molar-refractivity contribution is 5.98. The van der Waals surface area contributed by atoms with Crippen molar-refractivity contribution in [3.05, 3.63) is 99.2 Å². The fourth-order valence-corrected chi connectivity index (χ4v) is 3.83. The summed E-state index contributed by atoms with van der Waals surface area (Å²) in [6, 6.07) is 12.5. The summed E-state index contributed by atoms with van der Waals surface area (Å²) < 4.78 is 21.8. The van der Waals surface area contributed by atoms with E-state index in [4.69, 9.17) is 10.2 Å². The maximum Gasteiger partial charge on any atom is 0.419 e. The molecule has 4 N–H and O–H groups in total. The molecule has 38 heavy (non-hydrogen) atoms. The van der Waals surface area contributed by atoms with Crippen LogP contribution in [0, 0.1) is 5.82 Å². The van der Waals surface area contributed by atoms with Crippen LogP contribution >= 0.6 is 0 Å². The molecule has 5 aromatic rings. The maximum atomic E-state index is 14.3. The number of halogens is 1. The molecule has 0 fully saturated rings. The molecule has 0 unspecified atom stereocenters. The summed E-state index contributed by atoms with van der Waals surface area (Å²) in [6.07, 6.45) is 0.897. The molecule has 0 saturated carbocycles. The number of nitrogens with zero attached hydrogens (tertiary/aromatic N) is 4. The number of benzene rings is 2. The van der Waals surface area contributed by atoms with E-state index in [0.717, 1.165) is 10.7 Å². The number of oxazole rings is 1. The van der Waals surface area contributed by atoms with Crippen LogP contribution in [0.3, 0.4) is 0 Å². The fourth-order valence-electron chi connectivity index (χ4n) is 3.83. The number of amides is 3. The summed E-state index contributed by atoms with van der Waals surface area (Å²) >= 11 is 0. The zero-order valence-corrected chi connectivity index (χ0v) is 19.9. The third-order valence-electron chi connectivity index (χ3n) is 5.89. The molecule has 0 bridgehead atoms. The van der Waals surface area contributed by atoms with Gasteiger partial charge >= 0.3 is 5.76 Å². The zero-order chi connectivity index (χ0) is 27.0. The number of carbonyl (C=O) groups is 3. The minimum Gasteiger partial charge on any atom is -0.408 e. The third kappa shape index (κ3) is 4.59. The van der Waals surface area contributed by atoms with Crippen LogP contribution in [0.25, 0.3) is 16.7 Å². The standard InChI is InChI=1S/C25H20FN7O5/c1-32-18-8-14(4-7-20(18)38-25(32)37)11-28-23(35)17-9-19(33-22(31-17)16(26)12-30-33)24(36)29-10-13-2-5-15(6-3-13)21(27)34/h2-9,12H,10-11H2,1H3,(H2,27,34)(H,28,35)(H,29,36). The molecule has 3 heterocycles. The van der Waals surface area contributed by atoms with E-state index in [1.807, 2.05) is 0 Å². The van der Waals surface area contributed by atoms with Gasteiger partial charge in [-0.2, -0.15) is 5.10 Å². The third-order valence-corrected chi connectivity index (χ3v) is 5.89. The van der Waals surface area contributed by atoms with Gasteiger partial charge in [-0.05, 0) is 35.4 Å². The van der Waals surface area contributed by atoms with Crippen LogP contribution < -0.4 is 22.1 Å². The van der Waals surface area contributed by atoms with Gasteiger partial charge < -0.3 is 20.8 Å². The van der Waals surface area contributed by atoms with Gasteiger partial charge in [0.15, 0.2) is 17.0 Å². The number of aromatic nitrogens is 4. The molecular weight excluding hydrogens is 497 g/mol. The Hall–Kier alpha value is -5.33. The Bertz CT molecular complexity index is 1790. The van der Waals surface area contributed by atoms with Crippen LogP contribution in [0.5, 0.6) is 0 Å². The molecule has 12 nitrogen and oxygen atoms in total. The van der Waals surface area contributed by atoms with Crippen molar-refractivity contribution < 1.29 is 23.2 Å². The first-order valence-corrected chi connectivity index (χ1v) is 11.3. The summed E-state index contributed by atoms with van der Waals surface area (Å²) in [4.78, 5) is 52.8. The Labute approximate surface area is 212 Å². The Morgan fingerprint density at radius 2 is 1.68 bits per heavy atom. The van der Waals surface area contributed by atoms with Crippen LogP contribution in [0.15, 0.2) is 63.9 Å². The van der Waals surface area contributed by atoms with Gasteiger partial charge in [0, 0.05) is 31.8 Å². The van der Waals surface area contributed by atoms with Crippen LogP contribution in [0.2, 0.25) is 0 Å². The number of carbonyl (C=O) groups excluding carboxylic acids is 3. The van der Waals surface area contributed by atoms with Crippen molar-refractivity contribution in [2.45, 2.75) is 13.1 Å². The molecule has 0 aliphatic heterocycles. The molecule has 0 radical (unpaired) electrons. The molecule has 3 aromatic heterocycles. The van der Waals surface area contributed by atoms with Crippen LogP contribution in [-0.4, -0.2) is 36.9 Å². The van der Waals surface area contributed by atoms with Crippen molar-refractivity contribution in [2.75, 3.05) is 0 Å². The monoisotopic (exact) mass is 517 g/mol. The number of nitrogens with two attached hydrogens (primary N) is 1. The molecule has 0 saturated heterocycles. The topological polar surface area (TPSA) is 167 Å². The molecule has 192 valence electrons. The van der Waals surface area contributed by atoms with Crippen LogP contribution in [0.4, 0.5) is 4.39 Å². The molecule has 0 atom stereocenters. The second-order valence-electron chi connectivity index (χ2n) is 8.41. The lowest BCUT2D eigenvalue weighted by Gasteiger charge is -2.10. The number of primary amides is 1. The van der Waals surface area contributed by atoms with Crippen molar-refractivity contribution in [3.8, 4) is 0 Å². The second kappa shape index (κ2) is 9.61. The van der Waals surface area contributed by atoms with E-state index in [9.17, 15) is 23.6 Å². The first-order valence-electron chi connectivity index (χ1n) is 11.3. The number of hydrogen-bond donors (Lipinski definition) is 3. The van der Waals surface area contributed by atoms with Gasteiger partial charge in [0.25, 0.3) is 11.8 Å². The van der Waals surface area contributed by atoms with Crippen molar-refractivity contribution in [3.63, 3.8) is 0 Å². The van der Waals surface area contributed by atoms with Gasteiger partial charge in [0.1, 0.15) is 11.4 Å². The lowest BCUT2D eigenvalue weighted by molar-refractivity contribution is 0.0940. The van der Waals surface area contributed by atoms with E-state index in [2.05, 4.69) is 20.7 Å². The summed E-state index contributed by atoms with van der Waals surface area (Å²) in [5, 5.41) is 9.22. The van der Waals surface area contributed by atoms with Gasteiger partial charge in [-0.3, -0.25) is 19.0 Å². The molecular formula is C25H20FN7O5. The molecule has 5 rings (SSSR count). The predicted octanol–water partition coefficient (Wildman–Crippen LogP) is 1.27. The molecule has 0 spiro atoms. The minimum atomic E-state index is -0.804. The van der Waals surface area contributed by atoms with Gasteiger partial charge in [-0.15, -0.1) is 0 Å². The predicted molar refractivity (Wildman–Crippen MR) is 132 cm³/mol. The zero-order valence-electron chi connectivity index (χ0n) is 19.9. The van der Waals surface area contributed by atoms with Crippen LogP contribution in [0.1, 0.15) is 42.5 Å². The van der Waals surface area contributed by atoms with E-state index >= 15 is 0 Å². The number of fused-ring (bicyclic) bond motifs is 2. The molecule has 3 amide bonds. The summed E-state index contributed by atoms with van der Waals surface area (Å²) in [6.45, 7) is 0.164. The Morgan fingerprint density at radius 3 is 2.42 bits per heavy atom. The largest absolute Gasteiger partial charge is 0.419 e. The SMILES string of the molecule is Cn1c(=O)oc2ccc(CNC(=O)c3cc(C(=O)NCc4ccc(C(N)=O)cc4)n4ncc(F)c4n3)cc21. The van der Waals surface area contributed by atoms with Crippen molar-refractivity contribution in [1.82, 2.24) is 29.8 Å². The number of nitrogens with one attached hydrogen (secondary N) is 2. The Morgan fingerprint density at radius 1 is 1.00 bits per heavy atom. The highest BCUT2D eigenvalue weighted by Crippen LogP contribution is 2.15. The molecule has 0 aliphatic rings. The lowest BCUT2D eigenvalue weighted by Crippen LogP contribution is -2.28. The normalized spacial score (nSPS) is 11.1. The van der Waals surface area contributed by atoms with Crippen molar-refractivity contribution in [1.29, 1.82) is 0 Å². The second-order valence-corrected chi connectivity index (χ2v) is 8.41. The molecule has 2 aromatic carbocycles. The fraction of sp³-hybridized carbons (Fsp3) is 0.120. The van der Waals surface area contributed by atoms with E-state index in [-0.39, 0.29) is 30.1 Å². The van der Waals surface area contributed by atoms with Crippen LogP contribution in [-0.2, 0) is 20.1 Å². The highest BCUT2D eigenvalue weighted by atomic mass is 19.1.